The van der Waals surface area contributed by atoms with Gasteiger partial charge in [-0.15, -0.1) is 12.4 Å². The van der Waals surface area contributed by atoms with E-state index >= 15 is 0 Å². The van der Waals surface area contributed by atoms with Crippen LogP contribution in [0.4, 0.5) is 0 Å². The largest absolute Gasteiger partial charge is 0.457 e. The predicted molar refractivity (Wildman–Crippen MR) is 83.4 cm³/mol. The van der Waals surface area contributed by atoms with Crippen molar-refractivity contribution in [1.82, 2.24) is 0 Å². The van der Waals surface area contributed by atoms with Gasteiger partial charge in [0.2, 0.25) is 0 Å². The van der Waals surface area contributed by atoms with Gasteiger partial charge in [-0.1, -0.05) is 37.3 Å². The molecule has 2 rings (SSSR count). The highest BCUT2D eigenvalue weighted by Crippen LogP contribution is 2.24. The summed E-state index contributed by atoms with van der Waals surface area (Å²) in [7, 11) is 0. The number of halogens is 1. The molecule has 0 amide bonds. The molecule has 3 N–H and O–H groups in total. The van der Waals surface area contributed by atoms with Crippen molar-refractivity contribution < 1.29 is 9.84 Å². The first-order valence-corrected chi connectivity index (χ1v) is 6.47. The van der Waals surface area contributed by atoms with Crippen molar-refractivity contribution in [2.24, 2.45) is 5.73 Å². The van der Waals surface area contributed by atoms with E-state index in [2.05, 4.69) is 0 Å². The fraction of sp³-hybridized carbons (Fsp3) is 0.250. The Bertz CT molecular complexity index is 502. The molecular weight excluding hydrogens is 274 g/mol. The van der Waals surface area contributed by atoms with Gasteiger partial charge in [-0.05, 0) is 36.2 Å². The minimum Gasteiger partial charge on any atom is -0.457 e. The molecule has 0 aliphatic rings. The van der Waals surface area contributed by atoms with Crippen molar-refractivity contribution in [2.45, 2.75) is 25.5 Å². The molecule has 0 aliphatic heterocycles. The van der Waals surface area contributed by atoms with Crippen LogP contribution in [0.1, 0.15) is 24.9 Å². The minimum absolute atomic E-state index is 0. The van der Waals surface area contributed by atoms with E-state index in [9.17, 15) is 5.11 Å². The zero-order valence-corrected chi connectivity index (χ0v) is 12.2. The third-order valence-corrected chi connectivity index (χ3v) is 3.08. The topological polar surface area (TPSA) is 55.5 Å². The summed E-state index contributed by atoms with van der Waals surface area (Å²) in [5.74, 6) is 1.56. The van der Waals surface area contributed by atoms with E-state index in [0.29, 0.717) is 6.42 Å². The first-order valence-electron chi connectivity index (χ1n) is 6.47. The van der Waals surface area contributed by atoms with Crippen LogP contribution in [0.2, 0.25) is 0 Å². The molecule has 3 nitrogen and oxygen atoms in total. The van der Waals surface area contributed by atoms with Gasteiger partial charge in [-0.3, -0.25) is 0 Å². The number of aliphatic hydroxyl groups excluding tert-OH is 1. The van der Waals surface area contributed by atoms with Gasteiger partial charge in [0.1, 0.15) is 11.5 Å². The molecule has 20 heavy (non-hydrogen) atoms. The Kier molecular flexibility index (Phi) is 6.52. The van der Waals surface area contributed by atoms with Crippen molar-refractivity contribution in [2.75, 3.05) is 0 Å². The lowest BCUT2D eigenvalue weighted by molar-refractivity contribution is 0.140. The first-order chi connectivity index (χ1) is 9.20. The average Bonchev–Trinajstić information content (AvgIpc) is 2.47. The third-order valence-electron chi connectivity index (χ3n) is 3.08. The zero-order chi connectivity index (χ0) is 13.7. The van der Waals surface area contributed by atoms with Gasteiger partial charge in [-0.25, -0.2) is 0 Å². The van der Waals surface area contributed by atoms with E-state index in [1.54, 1.807) is 0 Å². The van der Waals surface area contributed by atoms with Crippen LogP contribution in [-0.4, -0.2) is 11.2 Å². The third kappa shape index (κ3) is 4.23. The maximum atomic E-state index is 9.73. The quantitative estimate of drug-likeness (QED) is 0.884. The second-order valence-corrected chi connectivity index (χ2v) is 4.49. The summed E-state index contributed by atoms with van der Waals surface area (Å²) in [6.07, 6.45) is 0.129. The van der Waals surface area contributed by atoms with Gasteiger partial charge >= 0.3 is 0 Å². The van der Waals surface area contributed by atoms with Crippen molar-refractivity contribution in [1.29, 1.82) is 0 Å². The van der Waals surface area contributed by atoms with Crippen molar-refractivity contribution in [3.05, 3.63) is 60.2 Å². The molecule has 0 unspecified atom stereocenters. The summed E-state index contributed by atoms with van der Waals surface area (Å²) in [5, 5.41) is 9.73. The molecule has 0 heterocycles. The molecular formula is C16H20ClNO2. The number of aliphatic hydroxyl groups is 1. The minimum atomic E-state index is -0.513. The van der Waals surface area contributed by atoms with Crippen LogP contribution < -0.4 is 10.5 Å². The Hall–Kier alpha value is -1.55. The number of hydrogen-bond donors (Lipinski definition) is 2. The number of rotatable bonds is 5. The fourth-order valence-electron chi connectivity index (χ4n) is 1.86. The molecule has 0 saturated carbocycles. The highest BCUT2D eigenvalue weighted by molar-refractivity contribution is 5.85. The fourth-order valence-corrected chi connectivity index (χ4v) is 1.86. The summed E-state index contributed by atoms with van der Waals surface area (Å²) in [6, 6.07) is 16.8. The number of hydrogen-bond acceptors (Lipinski definition) is 3. The van der Waals surface area contributed by atoms with E-state index in [1.165, 1.54) is 0 Å². The van der Waals surface area contributed by atoms with Gasteiger partial charge in [0.05, 0.1) is 12.1 Å². The predicted octanol–water partition coefficient (Wildman–Crippen LogP) is 3.67. The van der Waals surface area contributed by atoms with E-state index < -0.39 is 6.10 Å². The lowest BCUT2D eigenvalue weighted by Crippen LogP contribution is -2.25. The summed E-state index contributed by atoms with van der Waals surface area (Å²) >= 11 is 0. The van der Waals surface area contributed by atoms with E-state index in [-0.39, 0.29) is 18.4 Å². The van der Waals surface area contributed by atoms with Crippen LogP contribution in [-0.2, 0) is 0 Å². The van der Waals surface area contributed by atoms with Crippen LogP contribution in [0.25, 0.3) is 0 Å². The Balaban J connectivity index is 0.00000200. The molecule has 2 aromatic carbocycles. The second kappa shape index (κ2) is 7.90. The van der Waals surface area contributed by atoms with Gasteiger partial charge in [-0.2, -0.15) is 0 Å². The molecule has 2 atom stereocenters. The average molecular weight is 294 g/mol. The van der Waals surface area contributed by atoms with E-state index in [0.717, 1.165) is 17.1 Å². The molecule has 2 aromatic rings. The zero-order valence-electron chi connectivity index (χ0n) is 11.4. The standard InChI is InChI=1S/C16H19NO2.ClH/c1-2-15(18)16(17)12-8-10-14(11-9-12)19-13-6-4-3-5-7-13;/h3-11,15-16,18H,2,17H2,1H3;1H/t15-,16+;/m1./s1. The SMILES string of the molecule is CC[C@@H](O)[C@@H](N)c1ccc(Oc2ccccc2)cc1.Cl. The first kappa shape index (κ1) is 16.5. The highest BCUT2D eigenvalue weighted by atomic mass is 35.5. The monoisotopic (exact) mass is 293 g/mol. The van der Waals surface area contributed by atoms with Crippen molar-refractivity contribution in [3.8, 4) is 11.5 Å². The maximum absolute atomic E-state index is 9.73. The van der Waals surface area contributed by atoms with Gasteiger partial charge in [0.25, 0.3) is 0 Å². The molecule has 0 fully saturated rings. The van der Waals surface area contributed by atoms with Crippen LogP contribution in [0.3, 0.4) is 0 Å². The van der Waals surface area contributed by atoms with Crippen molar-refractivity contribution >= 4 is 12.4 Å². The van der Waals surface area contributed by atoms with Gasteiger partial charge in [0.15, 0.2) is 0 Å². The summed E-state index contributed by atoms with van der Waals surface area (Å²) in [6.45, 7) is 1.91. The number of nitrogens with two attached hydrogens (primary N) is 1. The summed E-state index contributed by atoms with van der Waals surface area (Å²) in [4.78, 5) is 0. The summed E-state index contributed by atoms with van der Waals surface area (Å²) < 4.78 is 5.70. The molecule has 108 valence electrons. The van der Waals surface area contributed by atoms with Crippen LogP contribution in [0, 0.1) is 0 Å². The van der Waals surface area contributed by atoms with Crippen LogP contribution in [0.5, 0.6) is 11.5 Å². The molecule has 0 bridgehead atoms. The van der Waals surface area contributed by atoms with E-state index in [1.807, 2.05) is 61.5 Å². The normalized spacial score (nSPS) is 13.2. The number of para-hydroxylation sites is 1. The van der Waals surface area contributed by atoms with Crippen LogP contribution in [0.15, 0.2) is 54.6 Å². The lowest BCUT2D eigenvalue weighted by Gasteiger charge is -2.17. The maximum Gasteiger partial charge on any atom is 0.127 e. The van der Waals surface area contributed by atoms with Gasteiger partial charge in [0, 0.05) is 0 Å². The summed E-state index contributed by atoms with van der Waals surface area (Å²) in [5.41, 5.74) is 6.87. The molecule has 4 heteroatoms. The molecule has 0 saturated heterocycles. The van der Waals surface area contributed by atoms with Gasteiger partial charge < -0.3 is 15.6 Å². The van der Waals surface area contributed by atoms with E-state index in [4.69, 9.17) is 10.5 Å². The Morgan fingerprint density at radius 3 is 2.10 bits per heavy atom. The molecule has 0 spiro atoms. The molecule has 0 aromatic heterocycles. The lowest BCUT2D eigenvalue weighted by atomic mass is 10.0. The number of benzene rings is 2. The molecule has 0 radical (unpaired) electrons. The van der Waals surface area contributed by atoms with Crippen molar-refractivity contribution in [3.63, 3.8) is 0 Å². The smallest absolute Gasteiger partial charge is 0.127 e. The number of ether oxygens (including phenoxy) is 1. The Labute approximate surface area is 125 Å². The second-order valence-electron chi connectivity index (χ2n) is 4.49. The Morgan fingerprint density at radius 2 is 1.55 bits per heavy atom. The Morgan fingerprint density at radius 1 is 1.00 bits per heavy atom. The highest BCUT2D eigenvalue weighted by Gasteiger charge is 2.14. The molecule has 0 aliphatic carbocycles. The van der Waals surface area contributed by atoms with Crippen LogP contribution >= 0.6 is 12.4 Å².